The average Bonchev–Trinajstić information content (AvgIpc) is 2.61. The van der Waals surface area contributed by atoms with Crippen LogP contribution >= 0.6 is 0 Å². The van der Waals surface area contributed by atoms with Crippen LogP contribution in [-0.2, 0) is 0 Å². The number of allylic oxidation sites excluding steroid dienone is 3. The molecule has 0 aromatic rings. The summed E-state index contributed by atoms with van der Waals surface area (Å²) < 4.78 is 7.70. The minimum Gasteiger partial charge on any atom is -0.389 e. The van der Waals surface area contributed by atoms with Crippen LogP contribution in [0.1, 0.15) is 7.79 Å². The van der Waals surface area contributed by atoms with Gasteiger partial charge in [0.25, 0.3) is 0 Å². The molecule has 1 nitrogen and oxygen atoms in total. The summed E-state index contributed by atoms with van der Waals surface area (Å²) >= 11 is 0. The molecule has 0 aromatic carbocycles. The Morgan fingerprint density at radius 2 is 2.00 bits per heavy atom. The first kappa shape index (κ1) is 5.15. The van der Waals surface area contributed by atoms with Crippen molar-refractivity contribution in [1.82, 2.24) is 0 Å². The number of rotatable bonds is 0. The van der Waals surface area contributed by atoms with E-state index in [0.29, 0.717) is 17.8 Å². The summed E-state index contributed by atoms with van der Waals surface area (Å²) in [4.78, 5) is 0. The Kier molecular flexibility index (Phi) is 0.833. The summed E-state index contributed by atoms with van der Waals surface area (Å²) in [5.74, 6) is 1.66. The Morgan fingerprint density at radius 3 is 2.82 bits per heavy atom. The molecule has 0 amide bonds. The van der Waals surface area contributed by atoms with Gasteiger partial charge in [-0.2, -0.15) is 0 Å². The van der Waals surface area contributed by atoms with Crippen molar-refractivity contribution in [2.75, 3.05) is 0 Å². The Morgan fingerprint density at radius 1 is 1.18 bits per heavy atom. The fourth-order valence-electron chi connectivity index (χ4n) is 2.86. The molecular formula is C10H12O. The molecule has 2 bridgehead atoms. The summed E-state index contributed by atoms with van der Waals surface area (Å²) in [6.07, 6.45) is 7.99. The average molecular weight is 149 g/mol. The van der Waals surface area contributed by atoms with Crippen LogP contribution in [0, 0.1) is 23.7 Å². The van der Waals surface area contributed by atoms with E-state index in [1.165, 1.54) is 0 Å². The molecule has 0 aliphatic heterocycles. The molecule has 0 aromatic heterocycles. The van der Waals surface area contributed by atoms with Gasteiger partial charge in [0.2, 0.25) is 0 Å². The second kappa shape index (κ2) is 1.78. The molecule has 3 rings (SSSR count). The Labute approximate surface area is 67.8 Å². The highest BCUT2D eigenvalue weighted by Gasteiger charge is 2.48. The molecule has 1 heteroatoms. The molecule has 0 unspecified atom stereocenters. The summed E-state index contributed by atoms with van der Waals surface area (Å²) in [6, 6.07) is 0. The fraction of sp³-hybridized carbons (Fsp3) is 0.600. The molecule has 0 saturated heterocycles. The van der Waals surface area contributed by atoms with E-state index < -0.39 is 6.08 Å². The maximum atomic E-state index is 9.73. The van der Waals surface area contributed by atoms with Crippen LogP contribution in [-0.4, -0.2) is 11.2 Å². The van der Waals surface area contributed by atoms with Gasteiger partial charge in [-0.15, -0.1) is 0 Å². The number of hydrogen-bond acceptors (Lipinski definition) is 1. The topological polar surface area (TPSA) is 20.2 Å². The molecule has 3 aliphatic carbocycles. The molecule has 5 atom stereocenters. The van der Waals surface area contributed by atoms with Crippen molar-refractivity contribution in [2.45, 2.75) is 12.5 Å². The molecule has 3 aliphatic rings. The van der Waals surface area contributed by atoms with Gasteiger partial charge in [-0.25, -0.2) is 0 Å². The zero-order valence-electron chi connectivity index (χ0n) is 7.27. The summed E-state index contributed by atoms with van der Waals surface area (Å²) in [7, 11) is 0. The lowest BCUT2D eigenvalue weighted by atomic mass is 9.84. The van der Waals surface area contributed by atoms with E-state index in [-0.39, 0.29) is 5.92 Å². The van der Waals surface area contributed by atoms with E-state index in [1.807, 2.05) is 6.08 Å². The Bertz CT molecular complexity index is 280. The van der Waals surface area contributed by atoms with Crippen LogP contribution in [0.15, 0.2) is 24.3 Å². The predicted octanol–water partition coefficient (Wildman–Crippen LogP) is 1.36. The highest BCUT2D eigenvalue weighted by Crippen LogP contribution is 2.52. The van der Waals surface area contributed by atoms with Crippen molar-refractivity contribution >= 4 is 0 Å². The van der Waals surface area contributed by atoms with E-state index in [0.717, 1.165) is 6.42 Å². The van der Waals surface area contributed by atoms with Gasteiger partial charge in [-0.1, -0.05) is 24.3 Å². The van der Waals surface area contributed by atoms with Crippen LogP contribution < -0.4 is 0 Å². The van der Waals surface area contributed by atoms with Crippen molar-refractivity contribution in [1.29, 1.82) is 0 Å². The Hall–Kier alpha value is -0.560. The van der Waals surface area contributed by atoms with Gasteiger partial charge in [0.05, 0.1) is 7.45 Å². The molecule has 0 spiro atoms. The van der Waals surface area contributed by atoms with Crippen LogP contribution in [0.3, 0.4) is 0 Å². The van der Waals surface area contributed by atoms with Crippen LogP contribution in [0.4, 0.5) is 0 Å². The highest BCUT2D eigenvalue weighted by molar-refractivity contribution is 5.24. The largest absolute Gasteiger partial charge is 0.389 e. The monoisotopic (exact) mass is 149 g/mol. The second-order valence-electron chi connectivity index (χ2n) is 3.84. The lowest BCUT2D eigenvalue weighted by Gasteiger charge is -2.22. The molecule has 1 saturated carbocycles. The van der Waals surface area contributed by atoms with Crippen molar-refractivity contribution in [2.24, 2.45) is 23.7 Å². The van der Waals surface area contributed by atoms with Crippen molar-refractivity contribution < 1.29 is 6.48 Å². The van der Waals surface area contributed by atoms with E-state index in [2.05, 4.69) is 12.2 Å². The van der Waals surface area contributed by atoms with E-state index in [1.54, 1.807) is 6.08 Å². The van der Waals surface area contributed by atoms with Crippen LogP contribution in [0.5, 0.6) is 0 Å². The van der Waals surface area contributed by atoms with Crippen LogP contribution in [0.2, 0.25) is 0 Å². The lowest BCUT2D eigenvalue weighted by Crippen LogP contribution is -2.23. The van der Waals surface area contributed by atoms with Gasteiger partial charge in [0.1, 0.15) is 0 Å². The molecule has 1 fully saturated rings. The zero-order chi connectivity index (χ0) is 8.34. The van der Waals surface area contributed by atoms with Crippen molar-refractivity contribution in [3.8, 4) is 0 Å². The third-order valence-electron chi connectivity index (χ3n) is 3.35. The third-order valence-corrected chi connectivity index (χ3v) is 3.35. The van der Waals surface area contributed by atoms with Gasteiger partial charge >= 0.3 is 0 Å². The van der Waals surface area contributed by atoms with Gasteiger partial charge in [0, 0.05) is 5.92 Å². The van der Waals surface area contributed by atoms with Crippen molar-refractivity contribution in [3.05, 3.63) is 24.3 Å². The fourth-order valence-corrected chi connectivity index (χ4v) is 2.86. The molecular weight excluding hydrogens is 136 g/mol. The summed E-state index contributed by atoms with van der Waals surface area (Å²) in [5, 5.41) is 9.73. The SMILES string of the molecule is [2H][C@]1(O)C=C[C@@H]2[C@H]1[C@H]1C=C[C@@H]2C1. The molecule has 0 radical (unpaired) electrons. The number of hydrogen-bond donors (Lipinski definition) is 1. The first-order valence-electron chi connectivity index (χ1n) is 4.78. The Balaban J connectivity index is 2.04. The first-order chi connectivity index (χ1) is 5.68. The minimum absolute atomic E-state index is 0.146. The van der Waals surface area contributed by atoms with E-state index >= 15 is 0 Å². The molecule has 11 heavy (non-hydrogen) atoms. The molecule has 58 valence electrons. The summed E-state index contributed by atoms with van der Waals surface area (Å²) in [6.45, 7) is 0. The summed E-state index contributed by atoms with van der Waals surface area (Å²) in [5.41, 5.74) is 0. The van der Waals surface area contributed by atoms with Crippen LogP contribution in [0.25, 0.3) is 0 Å². The smallest absolute Gasteiger partial charge is 0.0760 e. The zero-order valence-corrected chi connectivity index (χ0v) is 6.27. The van der Waals surface area contributed by atoms with Gasteiger partial charge in [0.15, 0.2) is 0 Å². The lowest BCUT2D eigenvalue weighted by molar-refractivity contribution is 0.132. The maximum absolute atomic E-state index is 9.73. The normalized spacial score (nSPS) is 65.4. The second-order valence-corrected chi connectivity index (χ2v) is 3.84. The standard InChI is InChI=1S/C10H12O/c11-9-4-3-8-6-1-2-7(5-6)10(8)9/h1-4,6-11H,5H2/t6-,7+,8+,9+,10-/m1/s1/i9D. The van der Waals surface area contributed by atoms with Gasteiger partial charge in [-0.05, 0) is 24.2 Å². The van der Waals surface area contributed by atoms with Gasteiger partial charge in [-0.3, -0.25) is 0 Å². The molecule has 1 N–H and O–H groups in total. The highest BCUT2D eigenvalue weighted by atomic mass is 16.3. The quantitative estimate of drug-likeness (QED) is 0.515. The number of aliphatic hydroxyl groups is 1. The third kappa shape index (κ3) is 0.603. The first-order valence-corrected chi connectivity index (χ1v) is 4.28. The predicted molar refractivity (Wildman–Crippen MR) is 42.9 cm³/mol. The molecule has 0 heterocycles. The van der Waals surface area contributed by atoms with Crippen molar-refractivity contribution in [3.63, 3.8) is 0 Å². The maximum Gasteiger partial charge on any atom is 0.0760 e. The van der Waals surface area contributed by atoms with E-state index in [4.69, 9.17) is 1.37 Å². The van der Waals surface area contributed by atoms with Gasteiger partial charge < -0.3 is 5.11 Å². The number of fused-ring (bicyclic) bond motifs is 5. The van der Waals surface area contributed by atoms with E-state index in [9.17, 15) is 5.11 Å². The minimum atomic E-state index is -1.28.